The molecule has 3 rings (SSSR count). The number of carboxylic acids is 1. The third-order valence-electron chi connectivity index (χ3n) is 3.77. The Labute approximate surface area is 142 Å². The molecule has 0 unspecified atom stereocenters. The molecule has 2 N–H and O–H groups in total. The molecule has 6 heteroatoms. The standard InChI is InChI=1S/C18H14ClNO4/c1-24-15-5-3-2-4-12(15)18(23)17-13(9-16(21)22)11-7-6-10(19)8-14(11)20-17/h2-8,20H,9H2,1H3,(H,21,22). The first-order valence-electron chi connectivity index (χ1n) is 7.21. The quantitative estimate of drug-likeness (QED) is 0.692. The van der Waals surface area contributed by atoms with Crippen LogP contribution in [0.25, 0.3) is 10.9 Å². The molecule has 0 saturated heterocycles. The highest BCUT2D eigenvalue weighted by molar-refractivity contribution is 6.31. The molecule has 0 atom stereocenters. The molecular weight excluding hydrogens is 330 g/mol. The van der Waals surface area contributed by atoms with Crippen molar-refractivity contribution < 1.29 is 19.4 Å². The Balaban J connectivity index is 2.20. The predicted molar refractivity (Wildman–Crippen MR) is 91.1 cm³/mol. The second-order valence-corrected chi connectivity index (χ2v) is 5.70. The molecule has 0 fully saturated rings. The average Bonchev–Trinajstić information content (AvgIpc) is 2.91. The maximum atomic E-state index is 12.9. The number of carbonyl (C=O) groups is 2. The van der Waals surface area contributed by atoms with Crippen LogP contribution < -0.4 is 4.74 Å². The number of carboxylic acid groups (broad SMARTS) is 1. The van der Waals surface area contributed by atoms with Gasteiger partial charge < -0.3 is 14.8 Å². The highest BCUT2D eigenvalue weighted by Crippen LogP contribution is 2.29. The summed E-state index contributed by atoms with van der Waals surface area (Å²) in [6.45, 7) is 0. The molecule has 0 bridgehead atoms. The summed E-state index contributed by atoms with van der Waals surface area (Å²) in [5, 5.41) is 10.4. The first-order valence-corrected chi connectivity index (χ1v) is 7.58. The van der Waals surface area contributed by atoms with Gasteiger partial charge in [0.1, 0.15) is 5.75 Å². The van der Waals surface area contributed by atoms with Gasteiger partial charge in [-0.2, -0.15) is 0 Å². The number of ketones is 1. The zero-order valence-corrected chi connectivity index (χ0v) is 13.6. The van der Waals surface area contributed by atoms with Crippen molar-refractivity contribution >= 4 is 34.3 Å². The number of aliphatic carboxylic acids is 1. The van der Waals surface area contributed by atoms with E-state index in [1.165, 1.54) is 7.11 Å². The number of para-hydroxylation sites is 1. The maximum Gasteiger partial charge on any atom is 0.307 e. The molecule has 3 aromatic rings. The van der Waals surface area contributed by atoms with Crippen molar-refractivity contribution in [2.45, 2.75) is 6.42 Å². The van der Waals surface area contributed by atoms with E-state index in [9.17, 15) is 14.7 Å². The number of ether oxygens (including phenoxy) is 1. The van der Waals surface area contributed by atoms with Crippen molar-refractivity contribution in [2.24, 2.45) is 0 Å². The largest absolute Gasteiger partial charge is 0.496 e. The van der Waals surface area contributed by atoms with Gasteiger partial charge in [-0.25, -0.2) is 0 Å². The van der Waals surface area contributed by atoms with E-state index >= 15 is 0 Å². The van der Waals surface area contributed by atoms with Crippen molar-refractivity contribution in [3.63, 3.8) is 0 Å². The number of rotatable bonds is 5. The smallest absolute Gasteiger partial charge is 0.307 e. The van der Waals surface area contributed by atoms with Crippen LogP contribution in [0.3, 0.4) is 0 Å². The molecule has 5 nitrogen and oxygen atoms in total. The Morgan fingerprint density at radius 2 is 1.96 bits per heavy atom. The summed E-state index contributed by atoms with van der Waals surface area (Å²) in [4.78, 5) is 27.2. The zero-order valence-electron chi connectivity index (χ0n) is 12.8. The monoisotopic (exact) mass is 343 g/mol. The maximum absolute atomic E-state index is 12.9. The van der Waals surface area contributed by atoms with Crippen LogP contribution in [0.5, 0.6) is 5.75 Å². The number of halogens is 1. The number of fused-ring (bicyclic) bond motifs is 1. The van der Waals surface area contributed by atoms with Crippen molar-refractivity contribution in [3.8, 4) is 5.75 Å². The molecule has 0 aliphatic carbocycles. The van der Waals surface area contributed by atoms with Crippen molar-refractivity contribution in [2.75, 3.05) is 7.11 Å². The van der Waals surface area contributed by atoms with Crippen LogP contribution in [0, 0.1) is 0 Å². The van der Waals surface area contributed by atoms with Gasteiger partial charge in [0.2, 0.25) is 5.78 Å². The Morgan fingerprint density at radius 3 is 2.67 bits per heavy atom. The van der Waals surface area contributed by atoms with E-state index < -0.39 is 5.97 Å². The van der Waals surface area contributed by atoms with Gasteiger partial charge in [-0.05, 0) is 24.3 Å². The molecule has 1 aromatic heterocycles. The minimum atomic E-state index is -1.01. The summed E-state index contributed by atoms with van der Waals surface area (Å²) < 4.78 is 5.23. The van der Waals surface area contributed by atoms with Gasteiger partial charge in [0, 0.05) is 21.5 Å². The van der Waals surface area contributed by atoms with Crippen LogP contribution in [-0.4, -0.2) is 29.0 Å². The van der Waals surface area contributed by atoms with Gasteiger partial charge in [0.25, 0.3) is 0 Å². The lowest BCUT2D eigenvalue weighted by Crippen LogP contribution is -2.09. The van der Waals surface area contributed by atoms with Crippen LogP contribution in [-0.2, 0) is 11.2 Å². The first-order chi connectivity index (χ1) is 11.5. The second-order valence-electron chi connectivity index (χ2n) is 5.27. The van der Waals surface area contributed by atoms with Crippen LogP contribution in [0.1, 0.15) is 21.6 Å². The number of hydrogen-bond acceptors (Lipinski definition) is 3. The highest BCUT2D eigenvalue weighted by atomic mass is 35.5. The molecule has 2 aromatic carbocycles. The fourth-order valence-corrected chi connectivity index (χ4v) is 2.90. The highest BCUT2D eigenvalue weighted by Gasteiger charge is 2.23. The lowest BCUT2D eigenvalue weighted by molar-refractivity contribution is -0.136. The second kappa shape index (κ2) is 6.37. The van der Waals surface area contributed by atoms with Gasteiger partial charge in [0.05, 0.1) is 24.8 Å². The molecular formula is C18H14ClNO4. The normalized spacial score (nSPS) is 10.8. The minimum absolute atomic E-state index is 0.235. The Kier molecular flexibility index (Phi) is 4.27. The van der Waals surface area contributed by atoms with Gasteiger partial charge in [0.15, 0.2) is 0 Å². The molecule has 0 radical (unpaired) electrons. The number of nitrogens with one attached hydrogen (secondary N) is 1. The SMILES string of the molecule is COc1ccccc1C(=O)c1[nH]c2cc(Cl)ccc2c1CC(=O)O. The Bertz CT molecular complexity index is 945. The molecule has 0 saturated carbocycles. The van der Waals surface area contributed by atoms with Gasteiger partial charge in [-0.15, -0.1) is 0 Å². The third-order valence-corrected chi connectivity index (χ3v) is 4.01. The lowest BCUT2D eigenvalue weighted by Gasteiger charge is -2.07. The van der Waals surface area contributed by atoms with Crippen LogP contribution in [0.15, 0.2) is 42.5 Å². The van der Waals surface area contributed by atoms with Gasteiger partial charge in [-0.1, -0.05) is 29.8 Å². The topological polar surface area (TPSA) is 79.4 Å². The van der Waals surface area contributed by atoms with Gasteiger partial charge >= 0.3 is 5.97 Å². The summed E-state index contributed by atoms with van der Waals surface area (Å²) in [5.41, 5.74) is 1.66. The van der Waals surface area contributed by atoms with Crippen molar-refractivity contribution in [1.82, 2.24) is 4.98 Å². The average molecular weight is 344 g/mol. The number of methoxy groups -OCH3 is 1. The number of aromatic nitrogens is 1. The van der Waals surface area contributed by atoms with Gasteiger partial charge in [-0.3, -0.25) is 9.59 Å². The Hall–Kier alpha value is -2.79. The summed E-state index contributed by atoms with van der Waals surface area (Å²) in [7, 11) is 1.48. The molecule has 0 aliphatic rings. The van der Waals surface area contributed by atoms with Crippen LogP contribution in [0.4, 0.5) is 0 Å². The zero-order chi connectivity index (χ0) is 17.3. The van der Waals surface area contributed by atoms with E-state index in [0.717, 1.165) is 0 Å². The van der Waals surface area contributed by atoms with E-state index in [4.69, 9.17) is 16.3 Å². The predicted octanol–water partition coefficient (Wildman–Crippen LogP) is 3.69. The molecule has 1 heterocycles. The molecule has 24 heavy (non-hydrogen) atoms. The summed E-state index contributed by atoms with van der Waals surface area (Å²) in [6.07, 6.45) is -0.266. The number of hydrogen-bond donors (Lipinski definition) is 2. The fourth-order valence-electron chi connectivity index (χ4n) is 2.72. The van der Waals surface area contributed by atoms with E-state index in [1.54, 1.807) is 42.5 Å². The lowest BCUT2D eigenvalue weighted by atomic mass is 10.0. The first kappa shape index (κ1) is 16.1. The van der Waals surface area contributed by atoms with E-state index in [-0.39, 0.29) is 17.9 Å². The summed E-state index contributed by atoms with van der Waals surface area (Å²) >= 11 is 5.99. The van der Waals surface area contributed by atoms with E-state index in [2.05, 4.69) is 4.98 Å². The molecule has 122 valence electrons. The van der Waals surface area contributed by atoms with Crippen molar-refractivity contribution in [1.29, 1.82) is 0 Å². The number of aromatic amines is 1. The fraction of sp³-hybridized carbons (Fsp3) is 0.111. The number of carbonyl (C=O) groups excluding carboxylic acids is 1. The summed E-state index contributed by atoms with van der Waals surface area (Å²) in [6, 6.07) is 11.9. The van der Waals surface area contributed by atoms with Crippen LogP contribution >= 0.6 is 11.6 Å². The minimum Gasteiger partial charge on any atom is -0.496 e. The van der Waals surface area contributed by atoms with E-state index in [1.807, 2.05) is 0 Å². The third kappa shape index (κ3) is 2.86. The molecule has 0 aliphatic heterocycles. The molecule has 0 amide bonds. The Morgan fingerprint density at radius 1 is 1.21 bits per heavy atom. The number of H-pyrrole nitrogens is 1. The molecule has 0 spiro atoms. The van der Waals surface area contributed by atoms with Crippen LogP contribution in [0.2, 0.25) is 5.02 Å². The van der Waals surface area contributed by atoms with Crippen molar-refractivity contribution in [3.05, 3.63) is 64.3 Å². The summed E-state index contributed by atoms with van der Waals surface area (Å²) in [5.74, 6) is -0.906. The van der Waals surface area contributed by atoms with E-state index in [0.29, 0.717) is 32.8 Å². The number of benzene rings is 2.